The highest BCUT2D eigenvalue weighted by molar-refractivity contribution is 6.33. The van der Waals surface area contributed by atoms with E-state index < -0.39 is 6.09 Å². The summed E-state index contributed by atoms with van der Waals surface area (Å²) >= 11 is 6.25. The van der Waals surface area contributed by atoms with Crippen LogP contribution in [0.15, 0.2) is 18.2 Å². The van der Waals surface area contributed by atoms with Gasteiger partial charge in [-0.1, -0.05) is 24.6 Å². The van der Waals surface area contributed by atoms with Crippen molar-refractivity contribution in [3.63, 3.8) is 0 Å². The number of carbonyl (C=O) groups excluding carboxylic acids is 2. The maximum Gasteiger partial charge on any atom is 0.407 e. The molecule has 0 aliphatic carbocycles. The van der Waals surface area contributed by atoms with Crippen LogP contribution in [0, 0.1) is 5.92 Å². The highest BCUT2D eigenvalue weighted by Gasteiger charge is 2.29. The van der Waals surface area contributed by atoms with E-state index in [2.05, 4.69) is 17.0 Å². The summed E-state index contributed by atoms with van der Waals surface area (Å²) in [5.41, 5.74) is 1.30. The Balaban J connectivity index is 2.22. The van der Waals surface area contributed by atoms with Gasteiger partial charge in [0.25, 0.3) is 0 Å². The van der Waals surface area contributed by atoms with Crippen LogP contribution in [0.4, 0.5) is 10.5 Å². The zero-order valence-corrected chi connectivity index (χ0v) is 12.9. The van der Waals surface area contributed by atoms with E-state index in [0.717, 1.165) is 24.9 Å². The van der Waals surface area contributed by atoms with Crippen molar-refractivity contribution in [2.75, 3.05) is 25.1 Å². The molecular formula is C15H19ClN2O3. The van der Waals surface area contributed by atoms with Crippen molar-refractivity contribution < 1.29 is 14.3 Å². The molecule has 1 aromatic rings. The summed E-state index contributed by atoms with van der Waals surface area (Å²) in [6.45, 7) is 3.48. The Morgan fingerprint density at radius 2 is 2.29 bits per heavy atom. The predicted octanol–water partition coefficient (Wildman–Crippen LogP) is 2.72. The van der Waals surface area contributed by atoms with E-state index in [1.165, 1.54) is 7.11 Å². The normalized spacial score (nSPS) is 21.8. The molecule has 1 fully saturated rings. The zero-order valence-electron chi connectivity index (χ0n) is 12.1. The van der Waals surface area contributed by atoms with E-state index in [1.807, 2.05) is 4.90 Å². The Hall–Kier alpha value is -1.75. The number of alkyl carbamates (subject to hydrolysis) is 1. The Kier molecular flexibility index (Phi) is 5.07. The second-order valence-electron chi connectivity index (χ2n) is 5.25. The first-order valence-electron chi connectivity index (χ1n) is 6.90. The monoisotopic (exact) mass is 310 g/mol. The number of hydrogen-bond donors (Lipinski definition) is 1. The molecule has 1 aliphatic heterocycles. The average molecular weight is 311 g/mol. The molecule has 0 unspecified atom stereocenters. The molecule has 1 amide bonds. The van der Waals surface area contributed by atoms with E-state index in [-0.39, 0.29) is 6.04 Å². The summed E-state index contributed by atoms with van der Waals surface area (Å²) in [4.78, 5) is 24.7. The summed E-state index contributed by atoms with van der Waals surface area (Å²) in [6.07, 6.45) is 1.27. The van der Waals surface area contributed by atoms with Crippen LogP contribution in [0.1, 0.15) is 23.7 Å². The molecule has 1 aliphatic rings. The van der Waals surface area contributed by atoms with Crippen molar-refractivity contribution in [2.45, 2.75) is 19.4 Å². The van der Waals surface area contributed by atoms with Gasteiger partial charge in [0.05, 0.1) is 23.9 Å². The molecule has 21 heavy (non-hydrogen) atoms. The van der Waals surface area contributed by atoms with Gasteiger partial charge in [-0.15, -0.1) is 0 Å². The SMILES string of the molecule is COC(=O)N[C@@H]1CN(c2c(Cl)cccc2C=O)CC[C@@H]1C. The highest BCUT2D eigenvalue weighted by Crippen LogP contribution is 2.32. The van der Waals surface area contributed by atoms with E-state index in [0.29, 0.717) is 23.0 Å². The lowest BCUT2D eigenvalue weighted by Gasteiger charge is -2.39. The number of nitrogens with zero attached hydrogens (tertiary/aromatic N) is 1. The summed E-state index contributed by atoms with van der Waals surface area (Å²) < 4.78 is 4.66. The van der Waals surface area contributed by atoms with Gasteiger partial charge in [-0.3, -0.25) is 4.79 Å². The zero-order chi connectivity index (χ0) is 15.4. The van der Waals surface area contributed by atoms with Crippen molar-refractivity contribution in [1.29, 1.82) is 0 Å². The number of methoxy groups -OCH3 is 1. The summed E-state index contributed by atoms with van der Waals surface area (Å²) in [6, 6.07) is 5.23. The Morgan fingerprint density at radius 3 is 2.95 bits per heavy atom. The van der Waals surface area contributed by atoms with Crippen LogP contribution in [0.25, 0.3) is 0 Å². The third-order valence-corrected chi connectivity index (χ3v) is 4.21. The van der Waals surface area contributed by atoms with Crippen LogP contribution in [0.3, 0.4) is 0 Å². The Morgan fingerprint density at radius 1 is 1.52 bits per heavy atom. The fourth-order valence-electron chi connectivity index (χ4n) is 2.63. The molecular weight excluding hydrogens is 292 g/mol. The third-order valence-electron chi connectivity index (χ3n) is 3.91. The Bertz CT molecular complexity index is 536. The van der Waals surface area contributed by atoms with E-state index in [4.69, 9.17) is 11.6 Å². The van der Waals surface area contributed by atoms with Gasteiger partial charge < -0.3 is 15.0 Å². The first-order valence-corrected chi connectivity index (χ1v) is 7.27. The molecule has 1 heterocycles. The molecule has 0 aromatic heterocycles. The average Bonchev–Trinajstić information content (AvgIpc) is 2.49. The maximum atomic E-state index is 11.4. The van der Waals surface area contributed by atoms with Gasteiger partial charge in [0.1, 0.15) is 0 Å². The predicted molar refractivity (Wildman–Crippen MR) is 82.2 cm³/mol. The van der Waals surface area contributed by atoms with Crippen LogP contribution in [-0.2, 0) is 4.74 Å². The van der Waals surface area contributed by atoms with E-state index in [1.54, 1.807) is 18.2 Å². The lowest BCUT2D eigenvalue weighted by atomic mass is 9.93. The molecule has 0 bridgehead atoms. The van der Waals surface area contributed by atoms with Crippen LogP contribution in [0.2, 0.25) is 5.02 Å². The van der Waals surface area contributed by atoms with Crippen LogP contribution >= 0.6 is 11.6 Å². The van der Waals surface area contributed by atoms with Gasteiger partial charge in [-0.25, -0.2) is 4.79 Å². The topological polar surface area (TPSA) is 58.6 Å². The molecule has 2 rings (SSSR count). The fourth-order valence-corrected chi connectivity index (χ4v) is 2.93. The molecule has 114 valence electrons. The molecule has 6 heteroatoms. The third kappa shape index (κ3) is 3.47. The van der Waals surface area contributed by atoms with Gasteiger partial charge in [-0.2, -0.15) is 0 Å². The number of carbonyl (C=O) groups is 2. The quantitative estimate of drug-likeness (QED) is 0.872. The van der Waals surface area contributed by atoms with Gasteiger partial charge in [0.2, 0.25) is 0 Å². The number of benzene rings is 1. The number of aldehydes is 1. The first-order chi connectivity index (χ1) is 10.1. The number of ether oxygens (including phenoxy) is 1. The number of nitrogens with one attached hydrogen (secondary N) is 1. The van der Waals surface area contributed by atoms with Crippen molar-refractivity contribution >= 4 is 29.7 Å². The largest absolute Gasteiger partial charge is 0.453 e. The number of anilines is 1. The molecule has 1 aromatic carbocycles. The van der Waals surface area contributed by atoms with Crippen LogP contribution < -0.4 is 10.2 Å². The van der Waals surface area contributed by atoms with Crippen molar-refractivity contribution in [2.24, 2.45) is 5.92 Å². The number of piperidine rings is 1. The number of para-hydroxylation sites is 1. The smallest absolute Gasteiger partial charge is 0.407 e. The number of halogens is 1. The maximum absolute atomic E-state index is 11.4. The van der Waals surface area contributed by atoms with Gasteiger partial charge in [-0.05, 0) is 24.5 Å². The van der Waals surface area contributed by atoms with Crippen molar-refractivity contribution in [3.05, 3.63) is 28.8 Å². The molecule has 0 radical (unpaired) electrons. The van der Waals surface area contributed by atoms with E-state index in [9.17, 15) is 9.59 Å². The molecule has 1 N–H and O–H groups in total. The van der Waals surface area contributed by atoms with Gasteiger partial charge >= 0.3 is 6.09 Å². The van der Waals surface area contributed by atoms with Gasteiger partial charge in [0.15, 0.2) is 6.29 Å². The van der Waals surface area contributed by atoms with Crippen LogP contribution in [0.5, 0.6) is 0 Å². The summed E-state index contributed by atoms with van der Waals surface area (Å²) in [5.74, 6) is 0.336. The summed E-state index contributed by atoms with van der Waals surface area (Å²) in [7, 11) is 1.35. The van der Waals surface area contributed by atoms with Crippen molar-refractivity contribution in [1.82, 2.24) is 5.32 Å². The second kappa shape index (κ2) is 6.80. The van der Waals surface area contributed by atoms with Gasteiger partial charge in [0, 0.05) is 18.7 Å². The fraction of sp³-hybridized carbons (Fsp3) is 0.467. The number of rotatable bonds is 3. The standard InChI is InChI=1S/C15H19ClN2O3/c1-10-6-7-18(8-13(10)17-15(20)21-2)14-11(9-19)4-3-5-12(14)16/h3-5,9-10,13H,6-8H2,1-2H3,(H,17,20)/t10-,13+/m0/s1. The molecule has 0 saturated carbocycles. The molecule has 0 spiro atoms. The minimum Gasteiger partial charge on any atom is -0.453 e. The number of amides is 1. The van der Waals surface area contributed by atoms with Crippen molar-refractivity contribution in [3.8, 4) is 0 Å². The molecule has 5 nitrogen and oxygen atoms in total. The molecule has 1 saturated heterocycles. The lowest BCUT2D eigenvalue weighted by Crippen LogP contribution is -2.52. The summed E-state index contributed by atoms with van der Waals surface area (Å²) in [5, 5.41) is 3.39. The van der Waals surface area contributed by atoms with E-state index >= 15 is 0 Å². The Labute approximate surface area is 129 Å². The minimum atomic E-state index is -0.441. The molecule has 2 atom stereocenters. The highest BCUT2D eigenvalue weighted by atomic mass is 35.5. The minimum absolute atomic E-state index is 0.0398. The van der Waals surface area contributed by atoms with Crippen LogP contribution in [-0.4, -0.2) is 38.6 Å². The first kappa shape index (κ1) is 15.6. The lowest BCUT2D eigenvalue weighted by molar-refractivity contribution is 0.112. The second-order valence-corrected chi connectivity index (χ2v) is 5.66. The number of hydrogen-bond acceptors (Lipinski definition) is 4.